The van der Waals surface area contributed by atoms with Gasteiger partial charge in [-0.15, -0.1) is 0 Å². The maximum atomic E-state index is 12.8. The van der Waals surface area contributed by atoms with Gasteiger partial charge in [-0.05, 0) is 83.5 Å². The molecule has 0 saturated carbocycles. The zero-order valence-corrected chi connectivity index (χ0v) is 41.3. The molecular formula is C58H94O6. The topological polar surface area (TPSA) is 78.9 Å². The third-order valence-corrected chi connectivity index (χ3v) is 10.7. The van der Waals surface area contributed by atoms with Crippen LogP contribution < -0.4 is 0 Å². The molecule has 0 aliphatic heterocycles. The van der Waals surface area contributed by atoms with Crippen LogP contribution in [0.5, 0.6) is 0 Å². The van der Waals surface area contributed by atoms with Crippen LogP contribution in [0.4, 0.5) is 0 Å². The summed E-state index contributed by atoms with van der Waals surface area (Å²) in [6.07, 6.45) is 69.3. The molecule has 0 aromatic carbocycles. The van der Waals surface area contributed by atoms with Gasteiger partial charge in [-0.2, -0.15) is 0 Å². The summed E-state index contributed by atoms with van der Waals surface area (Å²) >= 11 is 0. The molecule has 6 heteroatoms. The summed E-state index contributed by atoms with van der Waals surface area (Å²) in [4.78, 5) is 38.0. The molecule has 0 fully saturated rings. The summed E-state index contributed by atoms with van der Waals surface area (Å²) in [6, 6.07) is 0. The Morgan fingerprint density at radius 1 is 0.328 bits per heavy atom. The van der Waals surface area contributed by atoms with Crippen LogP contribution in [0.25, 0.3) is 0 Å². The molecule has 0 rings (SSSR count). The van der Waals surface area contributed by atoms with Crippen molar-refractivity contribution in [2.45, 2.75) is 226 Å². The molecule has 6 nitrogen and oxygen atoms in total. The maximum absolute atomic E-state index is 12.8. The number of hydrogen-bond acceptors (Lipinski definition) is 6. The summed E-state index contributed by atoms with van der Waals surface area (Å²) < 4.78 is 16.7. The van der Waals surface area contributed by atoms with Gasteiger partial charge in [0.05, 0.1) is 0 Å². The summed E-state index contributed by atoms with van der Waals surface area (Å²) in [5.41, 5.74) is 0. The fourth-order valence-corrected chi connectivity index (χ4v) is 6.75. The molecule has 1 unspecified atom stereocenters. The highest BCUT2D eigenvalue weighted by Crippen LogP contribution is 2.13. The SMILES string of the molecule is CC\C=C/C=C\C=C/C=C\C=C/CCCC(=O)OCC(COC(=O)CCCCCCC/C=C\C=C/CCCCCCCCC)OC(=O)CCCCCCCC/C=C\C=C/CCCCC. The molecule has 0 N–H and O–H groups in total. The van der Waals surface area contributed by atoms with Gasteiger partial charge in [0.2, 0.25) is 0 Å². The van der Waals surface area contributed by atoms with Crippen molar-refractivity contribution in [2.24, 2.45) is 0 Å². The number of allylic oxidation sites excluding steroid dienone is 18. The lowest BCUT2D eigenvalue weighted by Gasteiger charge is -2.18. The third-order valence-electron chi connectivity index (χ3n) is 10.7. The normalized spacial score (nSPS) is 13.0. The van der Waals surface area contributed by atoms with E-state index in [1.54, 1.807) is 0 Å². The Hall–Kier alpha value is -3.93. The molecule has 0 bridgehead atoms. The number of carbonyl (C=O) groups is 3. The summed E-state index contributed by atoms with van der Waals surface area (Å²) in [7, 11) is 0. The molecule has 0 heterocycles. The largest absolute Gasteiger partial charge is 0.462 e. The Bertz CT molecular complexity index is 1340. The van der Waals surface area contributed by atoms with Gasteiger partial charge < -0.3 is 14.2 Å². The van der Waals surface area contributed by atoms with E-state index in [2.05, 4.69) is 75.5 Å². The number of carbonyl (C=O) groups excluding carboxylic acids is 3. The zero-order chi connectivity index (χ0) is 46.5. The molecule has 0 radical (unpaired) electrons. The predicted octanol–water partition coefficient (Wildman–Crippen LogP) is 17.1. The van der Waals surface area contributed by atoms with Crippen LogP contribution in [0.3, 0.4) is 0 Å². The predicted molar refractivity (Wildman–Crippen MR) is 274 cm³/mol. The minimum Gasteiger partial charge on any atom is -0.462 e. The first-order valence-corrected chi connectivity index (χ1v) is 26.0. The van der Waals surface area contributed by atoms with Crippen molar-refractivity contribution in [3.8, 4) is 0 Å². The lowest BCUT2D eigenvalue weighted by atomic mass is 10.1. The number of ether oxygens (including phenoxy) is 3. The second-order valence-corrected chi connectivity index (χ2v) is 16.9. The van der Waals surface area contributed by atoms with Gasteiger partial charge in [-0.3, -0.25) is 14.4 Å². The monoisotopic (exact) mass is 887 g/mol. The Morgan fingerprint density at radius 3 is 1.06 bits per heavy atom. The Morgan fingerprint density at radius 2 is 0.625 bits per heavy atom. The van der Waals surface area contributed by atoms with E-state index in [1.807, 2.05) is 54.7 Å². The zero-order valence-electron chi connectivity index (χ0n) is 41.3. The first-order chi connectivity index (χ1) is 31.5. The Labute approximate surface area is 393 Å². The lowest BCUT2D eigenvalue weighted by Crippen LogP contribution is -2.30. The van der Waals surface area contributed by atoms with Gasteiger partial charge in [0, 0.05) is 19.3 Å². The van der Waals surface area contributed by atoms with Crippen LogP contribution in [0.15, 0.2) is 109 Å². The number of esters is 3. The van der Waals surface area contributed by atoms with E-state index in [1.165, 1.54) is 83.5 Å². The van der Waals surface area contributed by atoms with Crippen molar-refractivity contribution in [1.29, 1.82) is 0 Å². The summed E-state index contributed by atoms with van der Waals surface area (Å²) in [5.74, 6) is -1.02. The Balaban J connectivity index is 4.52. The van der Waals surface area contributed by atoms with Crippen LogP contribution in [-0.2, 0) is 28.6 Å². The molecule has 0 aliphatic carbocycles. The van der Waals surface area contributed by atoms with Crippen molar-refractivity contribution in [3.05, 3.63) is 109 Å². The highest BCUT2D eigenvalue weighted by Gasteiger charge is 2.19. The highest BCUT2D eigenvalue weighted by molar-refractivity contribution is 5.71. The van der Waals surface area contributed by atoms with E-state index in [9.17, 15) is 14.4 Å². The average Bonchev–Trinajstić information content (AvgIpc) is 3.29. The lowest BCUT2D eigenvalue weighted by molar-refractivity contribution is -0.167. The first-order valence-electron chi connectivity index (χ1n) is 26.0. The number of rotatable bonds is 45. The van der Waals surface area contributed by atoms with Gasteiger partial charge in [-0.1, -0.05) is 226 Å². The van der Waals surface area contributed by atoms with E-state index in [0.717, 1.165) is 89.9 Å². The van der Waals surface area contributed by atoms with E-state index < -0.39 is 6.10 Å². The van der Waals surface area contributed by atoms with Crippen LogP contribution in [0.1, 0.15) is 220 Å². The van der Waals surface area contributed by atoms with E-state index in [4.69, 9.17) is 14.2 Å². The smallest absolute Gasteiger partial charge is 0.306 e. The standard InChI is InChI=1S/C58H94O6/c1-4-7-10-13-16-19-22-25-27-28-29-31-33-36-39-42-45-48-51-57(60)63-54-55(53-62-56(59)50-47-44-41-38-35-32-24-21-18-15-12-9-6-3)64-58(61)52-49-46-43-40-37-34-30-26-23-20-17-14-11-8-5-2/h9,12,15,17-18,20-21,23-24,26-29,31-32,35,38,41,55H,4-8,10-11,13-14,16,19,22,25,30,33-34,36-37,39-40,42-54H2,1-3H3/b12-9-,18-15-,20-17-,24-21-,26-23-,28-27-,31-29-,35-32-,41-38-. The maximum Gasteiger partial charge on any atom is 0.306 e. The highest BCUT2D eigenvalue weighted by atomic mass is 16.6. The Kier molecular flexibility index (Phi) is 48.5. The van der Waals surface area contributed by atoms with Crippen LogP contribution >= 0.6 is 0 Å². The van der Waals surface area contributed by atoms with Gasteiger partial charge >= 0.3 is 17.9 Å². The van der Waals surface area contributed by atoms with E-state index in [-0.39, 0.29) is 37.5 Å². The average molecular weight is 887 g/mol. The molecule has 0 saturated heterocycles. The quantitative estimate of drug-likeness (QED) is 0.0262. The van der Waals surface area contributed by atoms with Crippen LogP contribution in [0.2, 0.25) is 0 Å². The minimum atomic E-state index is -0.821. The molecule has 0 amide bonds. The molecule has 362 valence electrons. The second kappa shape index (κ2) is 51.7. The van der Waals surface area contributed by atoms with Gasteiger partial charge in [-0.25, -0.2) is 0 Å². The summed E-state index contributed by atoms with van der Waals surface area (Å²) in [5, 5.41) is 0. The van der Waals surface area contributed by atoms with Crippen LogP contribution in [0, 0.1) is 0 Å². The van der Waals surface area contributed by atoms with E-state index in [0.29, 0.717) is 19.3 Å². The van der Waals surface area contributed by atoms with Crippen molar-refractivity contribution in [1.82, 2.24) is 0 Å². The molecule has 0 aliphatic rings. The first kappa shape index (κ1) is 60.1. The number of hydrogen-bond donors (Lipinski definition) is 0. The molecule has 64 heavy (non-hydrogen) atoms. The van der Waals surface area contributed by atoms with Gasteiger partial charge in [0.15, 0.2) is 6.10 Å². The molecular weight excluding hydrogens is 793 g/mol. The number of unbranched alkanes of at least 4 members (excludes halogenated alkanes) is 22. The second-order valence-electron chi connectivity index (χ2n) is 16.9. The molecule has 0 aromatic heterocycles. The van der Waals surface area contributed by atoms with Crippen LogP contribution in [-0.4, -0.2) is 37.2 Å². The molecule has 1 atom stereocenters. The minimum absolute atomic E-state index is 0.116. The fourth-order valence-electron chi connectivity index (χ4n) is 6.75. The third kappa shape index (κ3) is 49.1. The summed E-state index contributed by atoms with van der Waals surface area (Å²) in [6.45, 7) is 6.36. The molecule has 0 spiro atoms. The van der Waals surface area contributed by atoms with Crippen molar-refractivity contribution in [2.75, 3.05) is 13.2 Å². The van der Waals surface area contributed by atoms with Crippen molar-refractivity contribution >= 4 is 17.9 Å². The van der Waals surface area contributed by atoms with Crippen molar-refractivity contribution < 1.29 is 28.6 Å². The van der Waals surface area contributed by atoms with Gasteiger partial charge in [0.25, 0.3) is 0 Å². The van der Waals surface area contributed by atoms with Crippen molar-refractivity contribution in [3.63, 3.8) is 0 Å². The van der Waals surface area contributed by atoms with E-state index >= 15 is 0 Å². The van der Waals surface area contributed by atoms with Gasteiger partial charge in [0.1, 0.15) is 13.2 Å². The molecule has 0 aromatic rings. The fraction of sp³-hybridized carbons (Fsp3) is 0.638.